The molecule has 1 amide bonds. The van der Waals surface area contributed by atoms with E-state index in [0.29, 0.717) is 28.9 Å². The van der Waals surface area contributed by atoms with Crippen molar-refractivity contribution in [2.45, 2.75) is 38.0 Å². The van der Waals surface area contributed by atoms with Crippen LogP contribution >= 0.6 is 0 Å². The number of carbonyl (C=O) groups is 1. The van der Waals surface area contributed by atoms with Gasteiger partial charge in [-0.2, -0.15) is 0 Å². The van der Waals surface area contributed by atoms with E-state index in [1.54, 1.807) is 18.2 Å². The molecule has 1 aliphatic rings. The van der Waals surface area contributed by atoms with E-state index >= 15 is 0 Å². The summed E-state index contributed by atoms with van der Waals surface area (Å²) in [6, 6.07) is 5.20. The highest BCUT2D eigenvalue weighted by molar-refractivity contribution is 6.05. The van der Waals surface area contributed by atoms with Gasteiger partial charge in [-0.15, -0.1) is 5.10 Å². The summed E-state index contributed by atoms with van der Waals surface area (Å²) < 4.78 is 16.1. The maximum absolute atomic E-state index is 12.5. The number of hydrogen-bond acceptors (Lipinski definition) is 6. The van der Waals surface area contributed by atoms with Crippen LogP contribution < -0.4 is 14.8 Å². The molecule has 2 aromatic rings. The van der Waals surface area contributed by atoms with Crippen LogP contribution in [0.5, 0.6) is 11.5 Å². The number of nitrogens with zero attached hydrogens (tertiary/aromatic N) is 2. The van der Waals surface area contributed by atoms with Crippen LogP contribution in [0.3, 0.4) is 0 Å². The van der Waals surface area contributed by atoms with Gasteiger partial charge in [-0.3, -0.25) is 10.1 Å². The van der Waals surface area contributed by atoms with Crippen LogP contribution in [-0.2, 0) is 0 Å². The quantitative estimate of drug-likeness (QED) is 0.904. The molecule has 1 fully saturated rings. The van der Waals surface area contributed by atoms with Gasteiger partial charge in [-0.1, -0.05) is 30.4 Å². The first-order chi connectivity index (χ1) is 11.7. The van der Waals surface area contributed by atoms with Gasteiger partial charge in [-0.05, 0) is 25.0 Å². The second-order valence-corrected chi connectivity index (χ2v) is 5.78. The summed E-state index contributed by atoms with van der Waals surface area (Å²) >= 11 is 0. The molecule has 0 radical (unpaired) electrons. The Bertz CT molecular complexity index is 708. The summed E-state index contributed by atoms with van der Waals surface area (Å²) in [6.45, 7) is 0. The van der Waals surface area contributed by atoms with E-state index < -0.39 is 0 Å². The number of aromatic nitrogens is 2. The van der Waals surface area contributed by atoms with E-state index in [4.69, 9.17) is 13.9 Å². The van der Waals surface area contributed by atoms with Crippen molar-refractivity contribution < 1.29 is 18.7 Å². The van der Waals surface area contributed by atoms with E-state index in [2.05, 4.69) is 15.5 Å². The summed E-state index contributed by atoms with van der Waals surface area (Å²) in [7, 11) is 3.01. The summed E-state index contributed by atoms with van der Waals surface area (Å²) in [5.41, 5.74) is 0.342. The fourth-order valence-electron chi connectivity index (χ4n) is 3.03. The van der Waals surface area contributed by atoms with Gasteiger partial charge >= 0.3 is 6.01 Å². The molecule has 1 aromatic carbocycles. The number of rotatable bonds is 5. The lowest BCUT2D eigenvalue weighted by Gasteiger charge is -2.17. The normalized spacial score (nSPS) is 15.1. The zero-order valence-corrected chi connectivity index (χ0v) is 13.9. The second kappa shape index (κ2) is 7.33. The minimum Gasteiger partial charge on any atom is -0.493 e. The van der Waals surface area contributed by atoms with E-state index in [0.717, 1.165) is 12.8 Å². The van der Waals surface area contributed by atoms with E-state index in [1.165, 1.54) is 33.5 Å². The van der Waals surface area contributed by atoms with Crippen LogP contribution in [0.1, 0.15) is 54.3 Å². The number of nitrogens with one attached hydrogen (secondary N) is 1. The highest BCUT2D eigenvalue weighted by Gasteiger charge is 2.23. The summed E-state index contributed by atoms with van der Waals surface area (Å²) in [4.78, 5) is 12.5. The van der Waals surface area contributed by atoms with Gasteiger partial charge in [0.1, 0.15) is 0 Å². The van der Waals surface area contributed by atoms with Crippen molar-refractivity contribution in [1.82, 2.24) is 10.2 Å². The molecule has 128 valence electrons. The molecule has 1 heterocycles. The molecule has 0 aliphatic heterocycles. The maximum atomic E-state index is 12.5. The van der Waals surface area contributed by atoms with Gasteiger partial charge < -0.3 is 13.9 Å². The molecule has 7 nitrogen and oxygen atoms in total. The van der Waals surface area contributed by atoms with Crippen LogP contribution in [0.4, 0.5) is 6.01 Å². The van der Waals surface area contributed by atoms with E-state index in [1.807, 2.05) is 0 Å². The molecule has 0 spiro atoms. The third kappa shape index (κ3) is 3.34. The predicted octanol–water partition coefficient (Wildman–Crippen LogP) is 3.39. The number of anilines is 1. The molecule has 24 heavy (non-hydrogen) atoms. The van der Waals surface area contributed by atoms with E-state index in [-0.39, 0.29) is 11.9 Å². The first kappa shape index (κ1) is 16.3. The van der Waals surface area contributed by atoms with Crippen molar-refractivity contribution in [3.8, 4) is 11.5 Å². The number of methoxy groups -OCH3 is 2. The zero-order chi connectivity index (χ0) is 16.9. The lowest BCUT2D eigenvalue weighted by atomic mass is 9.89. The van der Waals surface area contributed by atoms with Gasteiger partial charge in [0.2, 0.25) is 5.89 Å². The van der Waals surface area contributed by atoms with Crippen LogP contribution in [-0.4, -0.2) is 30.3 Å². The zero-order valence-electron chi connectivity index (χ0n) is 13.9. The van der Waals surface area contributed by atoms with Crippen molar-refractivity contribution in [2.75, 3.05) is 19.5 Å². The first-order valence-electron chi connectivity index (χ1n) is 8.08. The SMILES string of the molecule is COc1cccc(C(=O)Nc2nnc(C3CCCCC3)o2)c1OC. The van der Waals surface area contributed by atoms with Gasteiger partial charge in [0.25, 0.3) is 5.91 Å². The third-order valence-corrected chi connectivity index (χ3v) is 4.26. The van der Waals surface area contributed by atoms with E-state index in [9.17, 15) is 4.79 Å². The average molecular weight is 331 g/mol. The van der Waals surface area contributed by atoms with Crippen molar-refractivity contribution in [3.05, 3.63) is 29.7 Å². The minimum absolute atomic E-state index is 0.102. The molecular weight excluding hydrogens is 310 g/mol. The van der Waals surface area contributed by atoms with Gasteiger partial charge in [-0.25, -0.2) is 0 Å². The lowest BCUT2D eigenvalue weighted by molar-refractivity contribution is 0.102. The standard InChI is InChI=1S/C17H21N3O4/c1-22-13-10-6-9-12(14(13)23-2)15(21)18-17-20-19-16(24-17)11-7-4-3-5-8-11/h6,9-11H,3-5,7-8H2,1-2H3,(H,18,20,21). The number of amides is 1. The Kier molecular flexibility index (Phi) is 4.98. The Morgan fingerprint density at radius 1 is 1.17 bits per heavy atom. The number of para-hydroxylation sites is 1. The van der Waals surface area contributed by atoms with Crippen LogP contribution in [0.2, 0.25) is 0 Å². The van der Waals surface area contributed by atoms with Crippen LogP contribution in [0, 0.1) is 0 Å². The Morgan fingerprint density at radius 3 is 2.67 bits per heavy atom. The van der Waals surface area contributed by atoms with Crippen molar-refractivity contribution >= 4 is 11.9 Å². The molecule has 7 heteroatoms. The summed E-state index contributed by atoms with van der Waals surface area (Å²) in [5, 5.41) is 10.6. The monoisotopic (exact) mass is 331 g/mol. The van der Waals surface area contributed by atoms with Crippen molar-refractivity contribution in [3.63, 3.8) is 0 Å². The molecule has 1 aromatic heterocycles. The lowest BCUT2D eigenvalue weighted by Crippen LogP contribution is -2.13. The van der Waals surface area contributed by atoms with Crippen LogP contribution in [0.15, 0.2) is 22.6 Å². The number of hydrogen-bond donors (Lipinski definition) is 1. The second-order valence-electron chi connectivity index (χ2n) is 5.78. The summed E-state index contributed by atoms with van der Waals surface area (Å²) in [5.74, 6) is 1.36. The Balaban J connectivity index is 1.74. The highest BCUT2D eigenvalue weighted by Crippen LogP contribution is 2.33. The largest absolute Gasteiger partial charge is 0.493 e. The molecule has 1 N–H and O–H groups in total. The Labute approximate surface area is 140 Å². The predicted molar refractivity (Wildman–Crippen MR) is 87.6 cm³/mol. The maximum Gasteiger partial charge on any atom is 0.322 e. The fraction of sp³-hybridized carbons (Fsp3) is 0.471. The Morgan fingerprint density at radius 2 is 1.96 bits per heavy atom. The minimum atomic E-state index is -0.385. The smallest absolute Gasteiger partial charge is 0.322 e. The fourth-order valence-corrected chi connectivity index (χ4v) is 3.03. The molecule has 0 bridgehead atoms. The molecule has 0 saturated heterocycles. The van der Waals surface area contributed by atoms with Gasteiger partial charge in [0.05, 0.1) is 19.8 Å². The van der Waals surface area contributed by atoms with Gasteiger partial charge in [0, 0.05) is 5.92 Å². The molecule has 0 atom stereocenters. The first-order valence-corrected chi connectivity index (χ1v) is 8.08. The van der Waals surface area contributed by atoms with Crippen molar-refractivity contribution in [2.24, 2.45) is 0 Å². The molecule has 0 unspecified atom stereocenters. The number of benzene rings is 1. The third-order valence-electron chi connectivity index (χ3n) is 4.26. The average Bonchev–Trinajstić information content (AvgIpc) is 3.10. The summed E-state index contributed by atoms with van der Waals surface area (Å²) in [6.07, 6.45) is 5.72. The molecule has 3 rings (SSSR count). The molecular formula is C17H21N3O4. The topological polar surface area (TPSA) is 86.5 Å². The highest BCUT2D eigenvalue weighted by atomic mass is 16.5. The number of ether oxygens (including phenoxy) is 2. The van der Waals surface area contributed by atoms with Gasteiger partial charge in [0.15, 0.2) is 11.5 Å². The van der Waals surface area contributed by atoms with Crippen LogP contribution in [0.25, 0.3) is 0 Å². The number of carbonyl (C=O) groups excluding carboxylic acids is 1. The van der Waals surface area contributed by atoms with Crippen molar-refractivity contribution in [1.29, 1.82) is 0 Å². The molecule has 1 aliphatic carbocycles. The molecule has 1 saturated carbocycles. The Hall–Kier alpha value is -2.57.